The number of fused-ring (bicyclic) bond motifs is 3. The summed E-state index contributed by atoms with van der Waals surface area (Å²) in [5.41, 5.74) is 2.92. The van der Waals surface area contributed by atoms with Crippen molar-refractivity contribution in [3.8, 4) is 6.07 Å². The maximum Gasteiger partial charge on any atom is 0.232 e. The molecule has 156 valence electrons. The Morgan fingerprint density at radius 2 is 2.03 bits per heavy atom. The van der Waals surface area contributed by atoms with Gasteiger partial charge in [0, 0.05) is 49.0 Å². The van der Waals surface area contributed by atoms with Crippen LogP contribution in [0.25, 0.3) is 11.0 Å². The maximum absolute atomic E-state index is 8.96. The highest BCUT2D eigenvalue weighted by molar-refractivity contribution is 5.91. The number of rotatable bonds is 6. The largest absolute Gasteiger partial charge is 0.366 e. The molecule has 9 nitrogen and oxygen atoms in total. The second-order valence-corrected chi connectivity index (χ2v) is 8.50. The van der Waals surface area contributed by atoms with Crippen molar-refractivity contribution < 1.29 is 0 Å². The molecule has 2 saturated heterocycles. The number of nitrogens with one attached hydrogen (secondary N) is 4. The van der Waals surface area contributed by atoms with Crippen molar-refractivity contribution in [2.75, 3.05) is 17.2 Å². The van der Waals surface area contributed by atoms with Gasteiger partial charge < -0.3 is 15.6 Å². The van der Waals surface area contributed by atoms with Crippen LogP contribution in [-0.2, 0) is 0 Å². The summed E-state index contributed by atoms with van der Waals surface area (Å²) >= 11 is 0. The lowest BCUT2D eigenvalue weighted by Gasteiger charge is -2.39. The first-order valence-electron chi connectivity index (χ1n) is 10.6. The molecule has 2 bridgehead atoms. The summed E-state index contributed by atoms with van der Waals surface area (Å²) < 4.78 is 0. The van der Waals surface area contributed by atoms with Crippen molar-refractivity contribution in [2.45, 2.75) is 64.1 Å². The van der Waals surface area contributed by atoms with Gasteiger partial charge in [0.2, 0.25) is 5.95 Å². The first-order chi connectivity index (χ1) is 14.6. The lowest BCUT2D eigenvalue weighted by atomic mass is 9.97. The van der Waals surface area contributed by atoms with Crippen LogP contribution in [0.4, 0.5) is 17.6 Å². The van der Waals surface area contributed by atoms with Crippen LogP contribution in [0.3, 0.4) is 0 Å². The molecule has 0 spiro atoms. The van der Waals surface area contributed by atoms with Crippen molar-refractivity contribution in [1.82, 2.24) is 30.0 Å². The van der Waals surface area contributed by atoms with E-state index in [0.29, 0.717) is 36.3 Å². The molecule has 2 unspecified atom stereocenters. The number of aromatic nitrogens is 5. The van der Waals surface area contributed by atoms with E-state index < -0.39 is 0 Å². The molecule has 0 aliphatic carbocycles. The van der Waals surface area contributed by atoms with E-state index in [-0.39, 0.29) is 0 Å². The number of anilines is 3. The summed E-state index contributed by atoms with van der Waals surface area (Å²) in [5, 5.41) is 24.1. The van der Waals surface area contributed by atoms with E-state index in [2.05, 4.69) is 48.7 Å². The van der Waals surface area contributed by atoms with Crippen molar-refractivity contribution in [3.63, 3.8) is 0 Å². The van der Waals surface area contributed by atoms with Crippen LogP contribution in [0, 0.1) is 25.2 Å². The molecule has 5 heterocycles. The highest BCUT2D eigenvalue weighted by atomic mass is 15.3. The van der Waals surface area contributed by atoms with Crippen molar-refractivity contribution in [2.24, 2.45) is 0 Å². The van der Waals surface area contributed by atoms with Gasteiger partial charge in [-0.25, -0.2) is 0 Å². The summed E-state index contributed by atoms with van der Waals surface area (Å²) in [6.07, 6.45) is 7.20. The maximum atomic E-state index is 8.96. The predicted octanol–water partition coefficient (Wildman–Crippen LogP) is 3.36. The van der Waals surface area contributed by atoms with Crippen molar-refractivity contribution in [3.05, 3.63) is 23.5 Å². The minimum Gasteiger partial charge on any atom is -0.366 e. The Balaban J connectivity index is 1.39. The van der Waals surface area contributed by atoms with Crippen LogP contribution >= 0.6 is 0 Å². The summed E-state index contributed by atoms with van der Waals surface area (Å²) in [4.78, 5) is 15.2. The summed E-state index contributed by atoms with van der Waals surface area (Å²) in [6, 6.07) is 5.71. The van der Waals surface area contributed by atoms with Gasteiger partial charge in [0.25, 0.3) is 0 Å². The number of aryl methyl sites for hydroxylation is 2. The topological polar surface area (TPSA) is 121 Å². The monoisotopic (exact) mass is 405 g/mol. The lowest BCUT2D eigenvalue weighted by Crippen LogP contribution is -2.47. The summed E-state index contributed by atoms with van der Waals surface area (Å²) in [6.45, 7) is 4.93. The zero-order valence-electron chi connectivity index (χ0n) is 17.4. The van der Waals surface area contributed by atoms with Crippen LogP contribution < -0.4 is 10.6 Å². The van der Waals surface area contributed by atoms with Gasteiger partial charge in [-0.05, 0) is 45.1 Å². The Labute approximate surface area is 175 Å². The van der Waals surface area contributed by atoms with E-state index in [0.717, 1.165) is 47.5 Å². The molecule has 0 saturated carbocycles. The fourth-order valence-corrected chi connectivity index (χ4v) is 5.07. The van der Waals surface area contributed by atoms with Gasteiger partial charge in [-0.3, -0.25) is 10.00 Å². The molecule has 5 rings (SSSR count). The van der Waals surface area contributed by atoms with Gasteiger partial charge in [-0.2, -0.15) is 20.3 Å². The van der Waals surface area contributed by atoms with E-state index in [1.54, 1.807) is 0 Å². The van der Waals surface area contributed by atoms with Crippen LogP contribution in [0.5, 0.6) is 0 Å². The van der Waals surface area contributed by atoms with Gasteiger partial charge in [-0.1, -0.05) is 0 Å². The number of nitrogens with zero attached hydrogens (tertiary/aromatic N) is 5. The molecule has 9 heteroatoms. The quantitative estimate of drug-likeness (QED) is 0.496. The number of piperidine rings is 1. The van der Waals surface area contributed by atoms with Crippen LogP contribution in [0.1, 0.15) is 43.4 Å². The van der Waals surface area contributed by atoms with Crippen molar-refractivity contribution >= 4 is 28.6 Å². The molecule has 3 atom stereocenters. The second-order valence-electron chi connectivity index (χ2n) is 8.50. The molecular weight excluding hydrogens is 378 g/mol. The number of H-pyrrole nitrogens is 2. The third-order valence-corrected chi connectivity index (χ3v) is 6.38. The van der Waals surface area contributed by atoms with E-state index in [4.69, 9.17) is 10.2 Å². The van der Waals surface area contributed by atoms with Gasteiger partial charge >= 0.3 is 0 Å². The molecule has 0 amide bonds. The number of hydrogen-bond donors (Lipinski definition) is 4. The van der Waals surface area contributed by atoms with Crippen LogP contribution in [0.15, 0.2) is 12.3 Å². The molecule has 4 N–H and O–H groups in total. The molecule has 3 aromatic heterocycles. The van der Waals surface area contributed by atoms with E-state index >= 15 is 0 Å². The van der Waals surface area contributed by atoms with Gasteiger partial charge in [0.05, 0.1) is 11.5 Å². The highest BCUT2D eigenvalue weighted by Crippen LogP contribution is 2.37. The Morgan fingerprint density at radius 1 is 1.23 bits per heavy atom. The molecule has 2 fully saturated rings. The molecule has 3 aromatic rings. The fourth-order valence-electron chi connectivity index (χ4n) is 5.07. The average molecular weight is 406 g/mol. The SMILES string of the molecule is Cc1cc(Nc2nc(NC3CC4CC[C@@H](C3)N4CCC#N)c3c(C)c[nH]c3n2)n[nH]1. The third-order valence-electron chi connectivity index (χ3n) is 6.38. The predicted molar refractivity (Wildman–Crippen MR) is 116 cm³/mol. The molecule has 0 radical (unpaired) electrons. The first kappa shape index (κ1) is 18.9. The fraction of sp³-hybridized carbons (Fsp3) is 0.524. The zero-order chi connectivity index (χ0) is 20.7. The molecule has 2 aliphatic heterocycles. The molecule has 0 aromatic carbocycles. The van der Waals surface area contributed by atoms with Gasteiger partial charge in [-0.15, -0.1) is 0 Å². The number of nitriles is 1. The van der Waals surface area contributed by atoms with E-state index in [1.165, 1.54) is 12.8 Å². The van der Waals surface area contributed by atoms with Crippen LogP contribution in [-0.4, -0.2) is 54.7 Å². The van der Waals surface area contributed by atoms with E-state index in [9.17, 15) is 0 Å². The minimum absolute atomic E-state index is 0.369. The average Bonchev–Trinajstić information content (AvgIpc) is 3.36. The molecular formula is C21H27N9. The smallest absolute Gasteiger partial charge is 0.232 e. The first-order valence-corrected chi connectivity index (χ1v) is 10.6. The Bertz CT molecular complexity index is 1080. The van der Waals surface area contributed by atoms with Gasteiger partial charge in [0.15, 0.2) is 5.82 Å². The second kappa shape index (κ2) is 7.61. The molecule has 2 aliphatic rings. The highest BCUT2D eigenvalue weighted by Gasteiger charge is 2.40. The molecule has 30 heavy (non-hydrogen) atoms. The zero-order valence-corrected chi connectivity index (χ0v) is 17.4. The summed E-state index contributed by atoms with van der Waals surface area (Å²) in [5.74, 6) is 2.08. The number of aromatic amines is 2. The third kappa shape index (κ3) is 3.48. The van der Waals surface area contributed by atoms with Crippen LogP contribution in [0.2, 0.25) is 0 Å². The Kier molecular flexibility index (Phi) is 4.79. The standard InChI is InChI=1S/C21H27N9/c1-12-11-23-19-18(12)20(27-21(26-19)25-17-8-13(2)28-29-17)24-14-9-15-4-5-16(10-14)30(15)7-3-6-22/h8,11,14-16H,3-5,7,9-10H2,1-2H3,(H4,23,24,25,26,27,28,29)/t14?,15-,16?/m0/s1. The Morgan fingerprint density at radius 3 is 2.73 bits per heavy atom. The van der Waals surface area contributed by atoms with E-state index in [1.807, 2.05) is 19.2 Å². The lowest BCUT2D eigenvalue weighted by molar-refractivity contribution is 0.136. The van der Waals surface area contributed by atoms with Gasteiger partial charge in [0.1, 0.15) is 11.5 Å². The number of hydrogen-bond acceptors (Lipinski definition) is 7. The summed E-state index contributed by atoms with van der Waals surface area (Å²) in [7, 11) is 0. The Hall–Kier alpha value is -3.12. The minimum atomic E-state index is 0.369. The normalized spacial score (nSPS) is 23.6. The van der Waals surface area contributed by atoms with Crippen molar-refractivity contribution in [1.29, 1.82) is 5.26 Å².